The summed E-state index contributed by atoms with van der Waals surface area (Å²) in [5, 5.41) is 0. The van der Waals surface area contributed by atoms with Crippen molar-refractivity contribution in [2.45, 2.75) is 38.2 Å². The van der Waals surface area contributed by atoms with Gasteiger partial charge in [0.05, 0.1) is 5.92 Å². The van der Waals surface area contributed by atoms with Gasteiger partial charge in [-0.25, -0.2) is 0 Å². The zero-order chi connectivity index (χ0) is 8.77. The van der Waals surface area contributed by atoms with Crippen molar-refractivity contribution in [1.82, 2.24) is 0 Å². The van der Waals surface area contributed by atoms with Crippen molar-refractivity contribution in [2.75, 3.05) is 0 Å². The lowest BCUT2D eigenvalue weighted by Crippen LogP contribution is -2.33. The fourth-order valence-corrected chi connectivity index (χ4v) is 2.18. The summed E-state index contributed by atoms with van der Waals surface area (Å²) in [6.07, 6.45) is 2.53. The third-order valence-corrected chi connectivity index (χ3v) is 3.14. The maximum atomic E-state index is 11.3. The fourth-order valence-electron chi connectivity index (χ4n) is 2.18. The first-order valence-electron chi connectivity index (χ1n) is 4.39. The van der Waals surface area contributed by atoms with Crippen molar-refractivity contribution in [1.29, 1.82) is 0 Å². The van der Waals surface area contributed by atoms with Gasteiger partial charge in [-0.2, -0.15) is 0 Å². The molecule has 0 aromatic heterocycles. The predicted octanol–water partition coefficient (Wildman–Crippen LogP) is 1.06. The molecule has 0 amide bonds. The summed E-state index contributed by atoms with van der Waals surface area (Å²) in [6.45, 7) is 1.87. The summed E-state index contributed by atoms with van der Waals surface area (Å²) in [6, 6.07) is 0. The van der Waals surface area contributed by atoms with Crippen molar-refractivity contribution >= 4 is 11.8 Å². The quantitative estimate of drug-likeness (QED) is 0.508. The molecule has 1 aliphatic carbocycles. The molecular weight excluding hydrogens is 156 g/mol. The zero-order valence-corrected chi connectivity index (χ0v) is 7.13. The lowest BCUT2D eigenvalue weighted by atomic mass is 9.89. The molecule has 0 aromatic rings. The summed E-state index contributed by atoms with van der Waals surface area (Å²) in [4.78, 5) is 22.2. The minimum absolute atomic E-state index is 0.0797. The molecule has 3 nitrogen and oxygen atoms in total. The molecule has 0 radical (unpaired) electrons. The van der Waals surface area contributed by atoms with E-state index < -0.39 is 5.60 Å². The summed E-state index contributed by atoms with van der Waals surface area (Å²) in [5.41, 5.74) is -0.409. The molecule has 0 aromatic carbocycles. The molecule has 2 fully saturated rings. The molecule has 66 valence electrons. The topological polar surface area (TPSA) is 43.4 Å². The highest BCUT2D eigenvalue weighted by molar-refractivity contribution is 5.86. The fraction of sp³-hybridized carbons (Fsp3) is 0.778. The number of hydrogen-bond donors (Lipinski definition) is 0. The lowest BCUT2D eigenvalue weighted by Gasteiger charge is -2.25. The normalized spacial score (nSPS) is 40.9. The molecule has 2 atom stereocenters. The molecule has 1 heterocycles. The summed E-state index contributed by atoms with van der Waals surface area (Å²) < 4.78 is 5.23. The maximum absolute atomic E-state index is 11.3. The second-order valence-corrected chi connectivity index (χ2v) is 3.73. The van der Waals surface area contributed by atoms with Crippen LogP contribution < -0.4 is 0 Å². The Labute approximate surface area is 71.1 Å². The van der Waals surface area contributed by atoms with E-state index in [1.54, 1.807) is 0 Å². The highest BCUT2D eigenvalue weighted by Crippen LogP contribution is 2.43. The van der Waals surface area contributed by atoms with Crippen LogP contribution in [0.4, 0.5) is 0 Å². The predicted molar refractivity (Wildman–Crippen MR) is 41.5 cm³/mol. The van der Waals surface area contributed by atoms with E-state index in [2.05, 4.69) is 0 Å². The maximum Gasteiger partial charge on any atom is 0.306 e. The SMILES string of the molecule is CC1C(=O)CCC12CCC(=O)O2. The van der Waals surface area contributed by atoms with Crippen molar-refractivity contribution in [3.05, 3.63) is 0 Å². The zero-order valence-electron chi connectivity index (χ0n) is 7.13. The average Bonchev–Trinajstić information content (AvgIpc) is 2.53. The molecule has 2 unspecified atom stereocenters. The third kappa shape index (κ3) is 0.886. The van der Waals surface area contributed by atoms with Crippen LogP contribution in [0, 0.1) is 5.92 Å². The third-order valence-electron chi connectivity index (χ3n) is 3.14. The average molecular weight is 168 g/mol. The Morgan fingerprint density at radius 2 is 2.00 bits per heavy atom. The van der Waals surface area contributed by atoms with E-state index in [0.29, 0.717) is 12.8 Å². The van der Waals surface area contributed by atoms with Crippen LogP contribution in [0.2, 0.25) is 0 Å². The summed E-state index contributed by atoms with van der Waals surface area (Å²) >= 11 is 0. The van der Waals surface area contributed by atoms with Crippen LogP contribution in [-0.4, -0.2) is 17.4 Å². The molecule has 1 spiro atoms. The van der Waals surface area contributed by atoms with E-state index in [9.17, 15) is 9.59 Å². The van der Waals surface area contributed by atoms with Crippen LogP contribution in [0.5, 0.6) is 0 Å². The first-order valence-corrected chi connectivity index (χ1v) is 4.39. The summed E-state index contributed by atoms with van der Waals surface area (Å²) in [5.74, 6) is 0.0187. The minimum Gasteiger partial charge on any atom is -0.458 e. The Morgan fingerprint density at radius 3 is 2.42 bits per heavy atom. The molecule has 2 rings (SSSR count). The molecule has 1 saturated heterocycles. The number of Topliss-reactive ketones (excluding diaryl/α,β-unsaturated/α-hetero) is 1. The van der Waals surface area contributed by atoms with E-state index >= 15 is 0 Å². The van der Waals surface area contributed by atoms with E-state index in [1.165, 1.54) is 0 Å². The first kappa shape index (κ1) is 7.77. The molecule has 1 saturated carbocycles. The Balaban J connectivity index is 2.22. The van der Waals surface area contributed by atoms with E-state index in [4.69, 9.17) is 4.74 Å². The molecular formula is C9H12O3. The van der Waals surface area contributed by atoms with Crippen LogP contribution in [0.3, 0.4) is 0 Å². The Hall–Kier alpha value is -0.860. The molecule has 2 aliphatic rings. The van der Waals surface area contributed by atoms with Gasteiger partial charge in [-0.15, -0.1) is 0 Å². The standard InChI is InChI=1S/C9H12O3/c1-6-7(10)2-4-9(6)5-3-8(11)12-9/h6H,2-5H2,1H3. The number of carbonyl (C=O) groups excluding carboxylic acids is 2. The van der Waals surface area contributed by atoms with E-state index in [1.807, 2.05) is 6.92 Å². The van der Waals surface area contributed by atoms with E-state index in [0.717, 1.165) is 12.8 Å². The second-order valence-electron chi connectivity index (χ2n) is 3.73. The smallest absolute Gasteiger partial charge is 0.306 e. The molecule has 1 aliphatic heterocycles. The van der Waals surface area contributed by atoms with Gasteiger partial charge in [0.1, 0.15) is 11.4 Å². The van der Waals surface area contributed by atoms with Crippen LogP contribution in [0.15, 0.2) is 0 Å². The molecule has 12 heavy (non-hydrogen) atoms. The van der Waals surface area contributed by atoms with Crippen LogP contribution in [0.1, 0.15) is 32.6 Å². The second kappa shape index (κ2) is 2.31. The number of esters is 1. The van der Waals surface area contributed by atoms with Gasteiger partial charge in [0, 0.05) is 12.8 Å². The van der Waals surface area contributed by atoms with Crippen molar-refractivity contribution < 1.29 is 14.3 Å². The highest BCUT2D eigenvalue weighted by atomic mass is 16.6. The number of carbonyl (C=O) groups is 2. The van der Waals surface area contributed by atoms with Gasteiger partial charge in [-0.3, -0.25) is 9.59 Å². The minimum atomic E-state index is -0.409. The van der Waals surface area contributed by atoms with Crippen LogP contribution in [-0.2, 0) is 14.3 Å². The lowest BCUT2D eigenvalue weighted by molar-refractivity contribution is -0.151. The van der Waals surface area contributed by atoms with Gasteiger partial charge in [0.2, 0.25) is 0 Å². The van der Waals surface area contributed by atoms with Crippen molar-refractivity contribution in [2.24, 2.45) is 5.92 Å². The first-order chi connectivity index (χ1) is 5.64. The van der Waals surface area contributed by atoms with Crippen molar-refractivity contribution in [3.8, 4) is 0 Å². The van der Waals surface area contributed by atoms with Gasteiger partial charge < -0.3 is 4.74 Å². The molecule has 0 N–H and O–H groups in total. The van der Waals surface area contributed by atoms with Gasteiger partial charge in [0.25, 0.3) is 0 Å². The number of ketones is 1. The molecule has 0 bridgehead atoms. The summed E-state index contributed by atoms with van der Waals surface area (Å²) in [7, 11) is 0. The Bertz CT molecular complexity index is 242. The van der Waals surface area contributed by atoms with Gasteiger partial charge >= 0.3 is 5.97 Å². The number of ether oxygens (including phenoxy) is 1. The van der Waals surface area contributed by atoms with E-state index in [-0.39, 0.29) is 17.7 Å². The Morgan fingerprint density at radius 1 is 1.33 bits per heavy atom. The van der Waals surface area contributed by atoms with Crippen LogP contribution in [0.25, 0.3) is 0 Å². The highest BCUT2D eigenvalue weighted by Gasteiger charge is 2.51. The Kier molecular flexibility index (Phi) is 1.50. The van der Waals surface area contributed by atoms with Gasteiger partial charge in [-0.1, -0.05) is 6.92 Å². The van der Waals surface area contributed by atoms with Gasteiger partial charge in [-0.05, 0) is 12.8 Å². The number of hydrogen-bond acceptors (Lipinski definition) is 3. The van der Waals surface area contributed by atoms with Crippen LogP contribution >= 0.6 is 0 Å². The number of rotatable bonds is 0. The molecule has 3 heteroatoms. The van der Waals surface area contributed by atoms with Crippen molar-refractivity contribution in [3.63, 3.8) is 0 Å². The largest absolute Gasteiger partial charge is 0.458 e. The van der Waals surface area contributed by atoms with Gasteiger partial charge in [0.15, 0.2) is 0 Å². The monoisotopic (exact) mass is 168 g/mol.